The molecule has 0 bridgehead atoms. The first-order valence-electron chi connectivity index (χ1n) is 5.15. The van der Waals surface area contributed by atoms with Gasteiger partial charge in [0.25, 0.3) is 5.91 Å². The minimum atomic E-state index is -0.250. The molecule has 81 valence electrons. The van der Waals surface area contributed by atoms with E-state index in [-0.39, 0.29) is 11.5 Å². The first kappa shape index (κ1) is 10.2. The number of carbonyl (C=O) groups is 1. The van der Waals surface area contributed by atoms with E-state index in [1.165, 1.54) is 0 Å². The topological polar surface area (TPSA) is 41.9 Å². The lowest BCUT2D eigenvalue weighted by molar-refractivity contribution is -0.120. The Balaban J connectivity index is 2.07. The van der Waals surface area contributed by atoms with E-state index in [2.05, 4.69) is 12.1 Å². The van der Waals surface area contributed by atoms with Crippen LogP contribution in [-0.2, 0) is 9.63 Å². The fraction of sp³-hybridized carbons (Fsp3) is 0.545. The van der Waals surface area contributed by atoms with Crippen LogP contribution in [0.4, 0.5) is 0 Å². The molecule has 4 heteroatoms. The Kier molecular flexibility index (Phi) is 2.29. The van der Waals surface area contributed by atoms with Crippen molar-refractivity contribution in [2.75, 3.05) is 0 Å². The van der Waals surface area contributed by atoms with Gasteiger partial charge < -0.3 is 4.84 Å². The van der Waals surface area contributed by atoms with Gasteiger partial charge in [-0.15, -0.1) is 0 Å². The molecule has 1 amide bonds. The quantitative estimate of drug-likeness (QED) is 0.658. The Morgan fingerprint density at radius 2 is 2.40 bits per heavy atom. The smallest absolute Gasteiger partial charge is 0.252 e. The highest BCUT2D eigenvalue weighted by atomic mass is 16.7. The number of amidine groups is 1. The molecule has 0 N–H and O–H groups in total. The summed E-state index contributed by atoms with van der Waals surface area (Å²) < 4.78 is 0. The van der Waals surface area contributed by atoms with Crippen LogP contribution in [0.3, 0.4) is 0 Å². The Labute approximate surface area is 89.6 Å². The summed E-state index contributed by atoms with van der Waals surface area (Å²) in [5, 5.41) is 3.98. The standard InChI is InChI=1S/C11H15N2O2/c1-4-11(3)6-9(12-15-11)13-7-8(2)5-10(13)14/h5,7H,4,6H2,1-3H3. The molecule has 2 heterocycles. The lowest BCUT2D eigenvalue weighted by atomic mass is 9.99. The summed E-state index contributed by atoms with van der Waals surface area (Å²) in [5.41, 5.74) is 0.702. The predicted octanol–water partition coefficient (Wildman–Crippen LogP) is 1.84. The Hall–Kier alpha value is -1.32. The SMILES string of the molecule is CCC1(C)CC(N2[CH]C(C)=CC2=O)=NO1. The Bertz CT molecular complexity index is 360. The second-order valence-electron chi connectivity index (χ2n) is 4.30. The molecule has 0 saturated carbocycles. The molecule has 0 saturated heterocycles. The molecule has 4 nitrogen and oxygen atoms in total. The van der Waals surface area contributed by atoms with Crippen molar-refractivity contribution in [2.24, 2.45) is 5.16 Å². The number of hydrogen-bond acceptors (Lipinski definition) is 3. The van der Waals surface area contributed by atoms with Crippen molar-refractivity contribution in [3.8, 4) is 0 Å². The molecule has 0 fully saturated rings. The lowest BCUT2D eigenvalue weighted by Crippen LogP contribution is -2.32. The number of hydrogen-bond donors (Lipinski definition) is 0. The largest absolute Gasteiger partial charge is 0.388 e. The van der Waals surface area contributed by atoms with Crippen LogP contribution in [-0.4, -0.2) is 22.2 Å². The molecule has 2 rings (SSSR count). The minimum absolute atomic E-state index is 0.0322. The minimum Gasteiger partial charge on any atom is -0.388 e. The summed E-state index contributed by atoms with van der Waals surface area (Å²) in [6.07, 6.45) is 3.17. The third kappa shape index (κ3) is 1.76. The maximum atomic E-state index is 11.6. The van der Waals surface area contributed by atoms with Gasteiger partial charge >= 0.3 is 0 Å². The lowest BCUT2D eigenvalue weighted by Gasteiger charge is -2.19. The summed E-state index contributed by atoms with van der Waals surface area (Å²) in [6.45, 7) is 7.75. The number of carbonyl (C=O) groups excluding carboxylic acids is 1. The average molecular weight is 207 g/mol. The molecule has 2 aliphatic heterocycles. The number of amides is 1. The van der Waals surface area contributed by atoms with Crippen LogP contribution < -0.4 is 0 Å². The van der Waals surface area contributed by atoms with E-state index in [0.29, 0.717) is 12.3 Å². The molecule has 2 aliphatic rings. The van der Waals surface area contributed by atoms with Crippen molar-refractivity contribution in [1.29, 1.82) is 0 Å². The molecule has 0 spiro atoms. The summed E-state index contributed by atoms with van der Waals surface area (Å²) in [4.78, 5) is 18.5. The van der Waals surface area contributed by atoms with Crippen molar-refractivity contribution in [1.82, 2.24) is 4.90 Å². The van der Waals surface area contributed by atoms with Gasteiger partial charge in [-0.2, -0.15) is 0 Å². The molecule has 0 aliphatic carbocycles. The van der Waals surface area contributed by atoms with Crippen molar-refractivity contribution >= 4 is 11.7 Å². The van der Waals surface area contributed by atoms with Crippen molar-refractivity contribution in [2.45, 2.75) is 39.2 Å². The molecule has 1 radical (unpaired) electrons. The van der Waals surface area contributed by atoms with Crippen LogP contribution in [0.2, 0.25) is 0 Å². The summed E-state index contributed by atoms with van der Waals surface area (Å²) >= 11 is 0. The van der Waals surface area contributed by atoms with E-state index in [1.807, 2.05) is 13.8 Å². The van der Waals surface area contributed by atoms with Gasteiger partial charge in [0.15, 0.2) is 5.84 Å². The summed E-state index contributed by atoms with van der Waals surface area (Å²) in [7, 11) is 0. The zero-order valence-corrected chi connectivity index (χ0v) is 9.28. The highest BCUT2D eigenvalue weighted by molar-refractivity contribution is 6.07. The summed E-state index contributed by atoms with van der Waals surface area (Å²) in [5.74, 6) is 0.674. The molecule has 0 aromatic rings. The third-order valence-corrected chi connectivity index (χ3v) is 2.85. The molecular formula is C11H15N2O2. The van der Waals surface area contributed by atoms with Crippen LogP contribution in [0.1, 0.15) is 33.6 Å². The van der Waals surface area contributed by atoms with E-state index in [4.69, 9.17) is 4.84 Å². The van der Waals surface area contributed by atoms with E-state index < -0.39 is 0 Å². The fourth-order valence-electron chi connectivity index (χ4n) is 1.65. The summed E-state index contributed by atoms with van der Waals surface area (Å²) in [6, 6.07) is 0. The maximum Gasteiger partial charge on any atom is 0.252 e. The van der Waals surface area contributed by atoms with Gasteiger partial charge in [-0.3, -0.25) is 9.69 Å². The number of oxime groups is 1. The maximum absolute atomic E-state index is 11.6. The molecule has 0 aromatic heterocycles. The van der Waals surface area contributed by atoms with Crippen LogP contribution in [0, 0.1) is 6.54 Å². The van der Waals surface area contributed by atoms with E-state index in [0.717, 1.165) is 12.0 Å². The van der Waals surface area contributed by atoms with E-state index in [9.17, 15) is 4.79 Å². The molecule has 0 aromatic carbocycles. The van der Waals surface area contributed by atoms with Crippen LogP contribution in [0.5, 0.6) is 0 Å². The highest BCUT2D eigenvalue weighted by Crippen LogP contribution is 2.30. The highest BCUT2D eigenvalue weighted by Gasteiger charge is 2.37. The van der Waals surface area contributed by atoms with E-state index in [1.54, 1.807) is 17.5 Å². The Morgan fingerprint density at radius 1 is 1.67 bits per heavy atom. The number of rotatable bonds is 1. The molecule has 1 unspecified atom stereocenters. The first-order chi connectivity index (χ1) is 7.04. The van der Waals surface area contributed by atoms with Gasteiger partial charge in [-0.25, -0.2) is 0 Å². The zero-order chi connectivity index (χ0) is 11.1. The van der Waals surface area contributed by atoms with Crippen molar-refractivity contribution < 1.29 is 9.63 Å². The van der Waals surface area contributed by atoms with Crippen LogP contribution in [0.25, 0.3) is 0 Å². The van der Waals surface area contributed by atoms with E-state index >= 15 is 0 Å². The Morgan fingerprint density at radius 3 is 2.87 bits per heavy atom. The molecule has 15 heavy (non-hydrogen) atoms. The zero-order valence-electron chi connectivity index (χ0n) is 9.28. The monoisotopic (exact) mass is 207 g/mol. The second-order valence-corrected chi connectivity index (χ2v) is 4.30. The van der Waals surface area contributed by atoms with Crippen LogP contribution >= 0.6 is 0 Å². The normalized spacial score (nSPS) is 30.3. The van der Waals surface area contributed by atoms with Gasteiger partial charge in [-0.05, 0) is 25.8 Å². The van der Waals surface area contributed by atoms with Gasteiger partial charge in [-0.1, -0.05) is 12.1 Å². The van der Waals surface area contributed by atoms with Gasteiger partial charge in [0.1, 0.15) is 5.60 Å². The molecular weight excluding hydrogens is 192 g/mol. The second kappa shape index (κ2) is 3.36. The average Bonchev–Trinajstić information content (AvgIpc) is 2.71. The van der Waals surface area contributed by atoms with Crippen LogP contribution in [0.15, 0.2) is 16.8 Å². The number of nitrogens with zero attached hydrogens (tertiary/aromatic N) is 2. The third-order valence-electron chi connectivity index (χ3n) is 2.85. The van der Waals surface area contributed by atoms with Crippen molar-refractivity contribution in [3.63, 3.8) is 0 Å². The van der Waals surface area contributed by atoms with Gasteiger partial charge in [0.2, 0.25) is 0 Å². The van der Waals surface area contributed by atoms with Gasteiger partial charge in [0, 0.05) is 6.08 Å². The first-order valence-corrected chi connectivity index (χ1v) is 5.15. The predicted molar refractivity (Wildman–Crippen MR) is 56.7 cm³/mol. The van der Waals surface area contributed by atoms with Gasteiger partial charge in [0.05, 0.1) is 13.0 Å². The molecule has 1 atom stereocenters. The van der Waals surface area contributed by atoms with Crippen molar-refractivity contribution in [3.05, 3.63) is 18.2 Å². The fourth-order valence-corrected chi connectivity index (χ4v) is 1.65.